The Morgan fingerprint density at radius 2 is 2.15 bits per heavy atom. The van der Waals surface area contributed by atoms with Crippen LogP contribution in [0.3, 0.4) is 0 Å². The minimum absolute atomic E-state index is 0. The molecule has 1 amide bonds. The Hall–Kier alpha value is -0.130. The van der Waals surface area contributed by atoms with Crippen molar-refractivity contribution in [3.8, 4) is 0 Å². The van der Waals surface area contributed by atoms with Crippen molar-refractivity contribution in [2.45, 2.75) is 25.1 Å². The standard InChI is InChI=1S/C13H18Cl2N2OS.ClH/c1-9(16)4-5-17-13(18)8-19-7-10-2-3-11(14)6-12(10)15;/h2-3,6,9H,4-5,7-8,16H2,1H3,(H,17,18);1H. The molecular weight excluding hydrogens is 339 g/mol. The van der Waals surface area contributed by atoms with Crippen LogP contribution in [-0.2, 0) is 10.5 Å². The molecule has 1 rings (SSSR count). The molecule has 3 N–H and O–H groups in total. The van der Waals surface area contributed by atoms with E-state index >= 15 is 0 Å². The molecule has 114 valence electrons. The van der Waals surface area contributed by atoms with E-state index in [0.29, 0.717) is 28.1 Å². The zero-order chi connectivity index (χ0) is 14.3. The van der Waals surface area contributed by atoms with Crippen molar-refractivity contribution in [2.24, 2.45) is 5.73 Å². The molecule has 0 bridgehead atoms. The molecule has 0 fully saturated rings. The second-order valence-corrected chi connectivity index (χ2v) is 6.17. The fourth-order valence-corrected chi connectivity index (χ4v) is 2.80. The van der Waals surface area contributed by atoms with E-state index in [-0.39, 0.29) is 24.4 Å². The van der Waals surface area contributed by atoms with Crippen LogP contribution in [-0.4, -0.2) is 24.2 Å². The van der Waals surface area contributed by atoms with Crippen molar-refractivity contribution in [1.82, 2.24) is 5.32 Å². The molecule has 20 heavy (non-hydrogen) atoms. The van der Waals surface area contributed by atoms with Gasteiger partial charge < -0.3 is 11.1 Å². The number of halogens is 3. The quantitative estimate of drug-likeness (QED) is 0.785. The van der Waals surface area contributed by atoms with Gasteiger partial charge in [0.1, 0.15) is 0 Å². The minimum atomic E-state index is 0. The second kappa shape index (κ2) is 10.6. The predicted octanol–water partition coefficient (Wildman–Crippen LogP) is 3.50. The Bertz CT molecular complexity index is 430. The Balaban J connectivity index is 0.00000361. The summed E-state index contributed by atoms with van der Waals surface area (Å²) in [4.78, 5) is 11.5. The third-order valence-corrected chi connectivity index (χ3v) is 4.00. The Morgan fingerprint density at radius 1 is 1.45 bits per heavy atom. The number of hydrogen-bond acceptors (Lipinski definition) is 3. The molecule has 0 aliphatic carbocycles. The van der Waals surface area contributed by atoms with Gasteiger partial charge in [-0.1, -0.05) is 29.3 Å². The summed E-state index contributed by atoms with van der Waals surface area (Å²) in [6.07, 6.45) is 0.791. The van der Waals surface area contributed by atoms with E-state index in [4.69, 9.17) is 28.9 Å². The maximum absolute atomic E-state index is 11.5. The van der Waals surface area contributed by atoms with Gasteiger partial charge in [-0.05, 0) is 31.0 Å². The van der Waals surface area contributed by atoms with Crippen molar-refractivity contribution in [3.05, 3.63) is 33.8 Å². The zero-order valence-electron chi connectivity index (χ0n) is 11.2. The van der Waals surface area contributed by atoms with Crippen molar-refractivity contribution >= 4 is 53.3 Å². The van der Waals surface area contributed by atoms with E-state index < -0.39 is 0 Å². The Labute approximate surface area is 140 Å². The lowest BCUT2D eigenvalue weighted by Crippen LogP contribution is -2.30. The number of carbonyl (C=O) groups is 1. The van der Waals surface area contributed by atoms with Crippen molar-refractivity contribution in [1.29, 1.82) is 0 Å². The molecular formula is C13H19Cl3N2OS. The van der Waals surface area contributed by atoms with Gasteiger partial charge in [-0.25, -0.2) is 0 Å². The van der Waals surface area contributed by atoms with Gasteiger partial charge in [0.15, 0.2) is 0 Å². The molecule has 3 nitrogen and oxygen atoms in total. The van der Waals surface area contributed by atoms with Gasteiger partial charge in [-0.15, -0.1) is 24.2 Å². The van der Waals surface area contributed by atoms with Crippen molar-refractivity contribution in [2.75, 3.05) is 12.3 Å². The van der Waals surface area contributed by atoms with Crippen LogP contribution in [0.4, 0.5) is 0 Å². The molecule has 0 spiro atoms. The first-order valence-corrected chi connectivity index (χ1v) is 7.94. The summed E-state index contributed by atoms with van der Waals surface area (Å²) < 4.78 is 0. The highest BCUT2D eigenvalue weighted by Crippen LogP contribution is 2.24. The Morgan fingerprint density at radius 3 is 2.75 bits per heavy atom. The van der Waals surface area contributed by atoms with Gasteiger partial charge in [0.2, 0.25) is 5.91 Å². The molecule has 0 heterocycles. The lowest BCUT2D eigenvalue weighted by molar-refractivity contribution is -0.118. The number of rotatable bonds is 7. The normalized spacial score (nSPS) is 11.6. The third-order valence-electron chi connectivity index (χ3n) is 2.43. The van der Waals surface area contributed by atoms with Gasteiger partial charge in [0.05, 0.1) is 5.75 Å². The fourth-order valence-electron chi connectivity index (χ4n) is 1.38. The second-order valence-electron chi connectivity index (χ2n) is 4.34. The molecule has 1 atom stereocenters. The van der Waals surface area contributed by atoms with Crippen LogP contribution in [0.2, 0.25) is 10.0 Å². The molecule has 1 aromatic rings. The molecule has 0 saturated heterocycles. The highest BCUT2D eigenvalue weighted by atomic mass is 35.5. The topological polar surface area (TPSA) is 55.1 Å². The first-order chi connectivity index (χ1) is 8.99. The molecule has 1 unspecified atom stereocenters. The summed E-state index contributed by atoms with van der Waals surface area (Å²) in [6.45, 7) is 2.54. The van der Waals surface area contributed by atoms with Gasteiger partial charge in [0, 0.05) is 28.4 Å². The summed E-state index contributed by atoms with van der Waals surface area (Å²) >= 11 is 13.4. The average molecular weight is 358 g/mol. The number of hydrogen-bond donors (Lipinski definition) is 2. The summed E-state index contributed by atoms with van der Waals surface area (Å²) in [5, 5.41) is 4.08. The molecule has 7 heteroatoms. The first kappa shape index (κ1) is 19.9. The maximum atomic E-state index is 11.5. The number of nitrogens with two attached hydrogens (primary N) is 1. The fraction of sp³-hybridized carbons (Fsp3) is 0.462. The Kier molecular flexibility index (Phi) is 10.5. The lowest BCUT2D eigenvalue weighted by Gasteiger charge is -2.08. The molecule has 0 aromatic heterocycles. The maximum Gasteiger partial charge on any atom is 0.230 e. The number of thioether (sulfide) groups is 1. The number of amides is 1. The predicted molar refractivity (Wildman–Crippen MR) is 91.1 cm³/mol. The van der Waals surface area contributed by atoms with Gasteiger partial charge >= 0.3 is 0 Å². The van der Waals surface area contributed by atoms with Crippen LogP contribution in [0, 0.1) is 0 Å². The minimum Gasteiger partial charge on any atom is -0.355 e. The van der Waals surface area contributed by atoms with Gasteiger partial charge in [0.25, 0.3) is 0 Å². The summed E-state index contributed by atoms with van der Waals surface area (Å²) in [7, 11) is 0. The van der Waals surface area contributed by atoms with Crippen LogP contribution < -0.4 is 11.1 Å². The van der Waals surface area contributed by atoms with E-state index in [2.05, 4.69) is 5.32 Å². The van der Waals surface area contributed by atoms with E-state index in [9.17, 15) is 4.79 Å². The smallest absolute Gasteiger partial charge is 0.230 e. The summed E-state index contributed by atoms with van der Waals surface area (Å²) in [5.74, 6) is 1.13. The number of benzene rings is 1. The van der Waals surface area contributed by atoms with Crippen LogP contribution in [0.1, 0.15) is 18.9 Å². The van der Waals surface area contributed by atoms with E-state index in [1.165, 1.54) is 11.8 Å². The van der Waals surface area contributed by atoms with Gasteiger partial charge in [-0.3, -0.25) is 4.79 Å². The van der Waals surface area contributed by atoms with Crippen LogP contribution in [0.5, 0.6) is 0 Å². The highest BCUT2D eigenvalue weighted by molar-refractivity contribution is 7.99. The largest absolute Gasteiger partial charge is 0.355 e. The van der Waals surface area contributed by atoms with Gasteiger partial charge in [-0.2, -0.15) is 0 Å². The number of carbonyl (C=O) groups excluding carboxylic acids is 1. The van der Waals surface area contributed by atoms with Crippen LogP contribution >= 0.6 is 47.4 Å². The summed E-state index contributed by atoms with van der Waals surface area (Å²) in [5.41, 5.74) is 6.59. The van der Waals surface area contributed by atoms with E-state index in [0.717, 1.165) is 12.0 Å². The first-order valence-electron chi connectivity index (χ1n) is 6.03. The number of nitrogens with one attached hydrogen (secondary N) is 1. The third kappa shape index (κ3) is 8.22. The molecule has 0 radical (unpaired) electrons. The van der Waals surface area contributed by atoms with E-state index in [1.54, 1.807) is 12.1 Å². The SMILES string of the molecule is CC(N)CCNC(=O)CSCc1ccc(Cl)cc1Cl.Cl. The highest BCUT2D eigenvalue weighted by Gasteiger charge is 2.05. The van der Waals surface area contributed by atoms with Crippen LogP contribution in [0.25, 0.3) is 0 Å². The monoisotopic (exact) mass is 356 g/mol. The zero-order valence-corrected chi connectivity index (χ0v) is 14.3. The molecule has 0 saturated carbocycles. The average Bonchev–Trinajstić information content (AvgIpc) is 2.31. The van der Waals surface area contributed by atoms with Crippen molar-refractivity contribution in [3.63, 3.8) is 0 Å². The lowest BCUT2D eigenvalue weighted by atomic mass is 10.2. The van der Waals surface area contributed by atoms with E-state index in [1.807, 2.05) is 13.0 Å². The van der Waals surface area contributed by atoms with Crippen LogP contribution in [0.15, 0.2) is 18.2 Å². The van der Waals surface area contributed by atoms with Crippen molar-refractivity contribution < 1.29 is 4.79 Å². The molecule has 0 aliphatic heterocycles. The molecule has 0 aliphatic rings. The summed E-state index contributed by atoms with van der Waals surface area (Å²) in [6, 6.07) is 5.50. The molecule has 1 aromatic carbocycles.